The Hall–Kier alpha value is -3.27. The van der Waals surface area contributed by atoms with Gasteiger partial charge in [0.05, 0.1) is 18.1 Å². The van der Waals surface area contributed by atoms with E-state index in [2.05, 4.69) is 35.6 Å². The summed E-state index contributed by atoms with van der Waals surface area (Å²) in [6, 6.07) is 0. The molecule has 0 fully saturated rings. The Bertz CT molecular complexity index is 959. The topological polar surface area (TPSA) is 120 Å². The van der Waals surface area contributed by atoms with Gasteiger partial charge in [-0.1, -0.05) is 0 Å². The highest BCUT2D eigenvalue weighted by Gasteiger charge is 2.13. The van der Waals surface area contributed by atoms with E-state index in [-0.39, 0.29) is 0 Å². The van der Waals surface area contributed by atoms with E-state index in [1.54, 1.807) is 19.5 Å². The Morgan fingerprint density at radius 3 is 3.12 bits per heavy atom. The van der Waals surface area contributed by atoms with Gasteiger partial charge in [0.2, 0.25) is 0 Å². The van der Waals surface area contributed by atoms with Crippen molar-refractivity contribution in [2.24, 2.45) is 0 Å². The quantitative estimate of drug-likeness (QED) is 0.490. The normalized spacial score (nSPS) is 11.2. The fourth-order valence-corrected chi connectivity index (χ4v) is 2.43. The van der Waals surface area contributed by atoms with E-state index in [0.29, 0.717) is 35.0 Å². The Kier molecular flexibility index (Phi) is 4.09. The molecule has 0 amide bonds. The molecular formula is C15H16N8O2. The van der Waals surface area contributed by atoms with E-state index < -0.39 is 0 Å². The van der Waals surface area contributed by atoms with Gasteiger partial charge in [-0.25, -0.2) is 15.0 Å². The molecule has 10 nitrogen and oxygen atoms in total. The van der Waals surface area contributed by atoms with Gasteiger partial charge in [0, 0.05) is 26.5 Å². The predicted molar refractivity (Wildman–Crippen MR) is 89.2 cm³/mol. The van der Waals surface area contributed by atoms with Gasteiger partial charge in [-0.05, 0) is 6.42 Å². The molecule has 0 saturated heterocycles. The van der Waals surface area contributed by atoms with Crippen molar-refractivity contribution in [3.63, 3.8) is 0 Å². The van der Waals surface area contributed by atoms with Gasteiger partial charge in [0.25, 0.3) is 0 Å². The van der Waals surface area contributed by atoms with E-state index >= 15 is 0 Å². The average Bonchev–Trinajstić information content (AvgIpc) is 3.36. The number of oxazole rings is 1. The van der Waals surface area contributed by atoms with Crippen molar-refractivity contribution in [2.45, 2.75) is 13.0 Å². The molecule has 0 aliphatic carbocycles. The zero-order valence-corrected chi connectivity index (χ0v) is 13.5. The molecule has 0 spiro atoms. The van der Waals surface area contributed by atoms with Gasteiger partial charge in [0.15, 0.2) is 18.0 Å². The van der Waals surface area contributed by atoms with Crippen LogP contribution in [0.25, 0.3) is 22.6 Å². The molecule has 0 aliphatic heterocycles. The lowest BCUT2D eigenvalue weighted by Gasteiger charge is -2.05. The number of hydrogen-bond donors (Lipinski definition) is 2. The molecule has 128 valence electrons. The maximum absolute atomic E-state index is 5.06. The fourth-order valence-electron chi connectivity index (χ4n) is 2.43. The molecule has 10 heteroatoms. The van der Waals surface area contributed by atoms with Crippen LogP contribution in [-0.4, -0.2) is 48.6 Å². The number of anilines is 2. The van der Waals surface area contributed by atoms with Crippen molar-refractivity contribution in [3.05, 3.63) is 31.2 Å². The minimum absolute atomic E-state index is 0.456. The second kappa shape index (κ2) is 6.69. The number of H-pyrrole nitrogens is 1. The average molecular weight is 340 g/mol. The first kappa shape index (κ1) is 15.3. The standard InChI is InChI=1S/C15H16N8O2/c1-24-4-2-3-23-7-10(5-18-23)19-15-13-11(6-17-22-13)20-14(21-15)12-8-25-9-16-12/h5-9H,2-4H2,1H3,(H,17,22)(H,19,20,21). The maximum Gasteiger partial charge on any atom is 0.184 e. The summed E-state index contributed by atoms with van der Waals surface area (Å²) in [6.45, 7) is 1.48. The van der Waals surface area contributed by atoms with Gasteiger partial charge < -0.3 is 14.5 Å². The Morgan fingerprint density at radius 1 is 1.32 bits per heavy atom. The highest BCUT2D eigenvalue weighted by Crippen LogP contribution is 2.24. The Balaban J connectivity index is 1.61. The van der Waals surface area contributed by atoms with E-state index in [1.807, 2.05) is 10.9 Å². The third-order valence-corrected chi connectivity index (χ3v) is 3.59. The number of methoxy groups -OCH3 is 1. The van der Waals surface area contributed by atoms with Crippen LogP contribution in [0.15, 0.2) is 35.7 Å². The smallest absolute Gasteiger partial charge is 0.184 e. The summed E-state index contributed by atoms with van der Waals surface area (Å²) in [7, 11) is 1.69. The van der Waals surface area contributed by atoms with Crippen LogP contribution in [0.4, 0.5) is 11.5 Å². The molecule has 0 bridgehead atoms. The number of aromatic amines is 1. The van der Waals surface area contributed by atoms with Crippen LogP contribution in [-0.2, 0) is 11.3 Å². The van der Waals surface area contributed by atoms with E-state index in [0.717, 1.165) is 18.7 Å². The fraction of sp³-hybridized carbons (Fsp3) is 0.267. The van der Waals surface area contributed by atoms with Gasteiger partial charge in [-0.15, -0.1) is 0 Å². The van der Waals surface area contributed by atoms with Crippen LogP contribution in [0.5, 0.6) is 0 Å². The van der Waals surface area contributed by atoms with Crippen LogP contribution in [0, 0.1) is 0 Å². The molecule has 0 unspecified atom stereocenters. The number of rotatable bonds is 7. The monoisotopic (exact) mass is 340 g/mol. The largest absolute Gasteiger partial charge is 0.451 e. The van der Waals surface area contributed by atoms with Gasteiger partial charge in [0.1, 0.15) is 23.0 Å². The van der Waals surface area contributed by atoms with Gasteiger partial charge in [-0.2, -0.15) is 10.2 Å². The lowest BCUT2D eigenvalue weighted by molar-refractivity contribution is 0.189. The first-order valence-corrected chi connectivity index (χ1v) is 7.71. The molecule has 4 rings (SSSR count). The maximum atomic E-state index is 5.06. The number of nitrogens with zero attached hydrogens (tertiary/aromatic N) is 6. The van der Waals surface area contributed by atoms with Crippen molar-refractivity contribution in [3.8, 4) is 11.5 Å². The number of hydrogen-bond acceptors (Lipinski definition) is 8. The number of aryl methyl sites for hydroxylation is 1. The van der Waals surface area contributed by atoms with Crippen LogP contribution in [0.1, 0.15) is 6.42 Å². The third kappa shape index (κ3) is 3.19. The van der Waals surface area contributed by atoms with Gasteiger partial charge >= 0.3 is 0 Å². The molecular weight excluding hydrogens is 324 g/mol. The molecule has 4 aromatic rings. The molecule has 0 radical (unpaired) electrons. The summed E-state index contributed by atoms with van der Waals surface area (Å²) >= 11 is 0. The third-order valence-electron chi connectivity index (χ3n) is 3.59. The number of aromatic nitrogens is 7. The zero-order valence-electron chi connectivity index (χ0n) is 13.5. The summed E-state index contributed by atoms with van der Waals surface area (Å²) in [5.41, 5.74) is 2.77. The van der Waals surface area contributed by atoms with Crippen molar-refractivity contribution in [2.75, 3.05) is 19.0 Å². The van der Waals surface area contributed by atoms with Crippen molar-refractivity contribution in [1.29, 1.82) is 0 Å². The van der Waals surface area contributed by atoms with E-state index in [1.165, 1.54) is 12.7 Å². The number of fused-ring (bicyclic) bond motifs is 1. The summed E-state index contributed by atoms with van der Waals surface area (Å²) in [5, 5.41) is 14.5. The van der Waals surface area contributed by atoms with Crippen LogP contribution in [0.3, 0.4) is 0 Å². The molecule has 0 aliphatic rings. The molecule has 0 saturated carbocycles. The van der Waals surface area contributed by atoms with E-state index in [4.69, 9.17) is 9.15 Å². The molecule has 2 N–H and O–H groups in total. The molecule has 25 heavy (non-hydrogen) atoms. The SMILES string of the molecule is COCCCn1cc(Nc2nc(-c3cocn3)nc3cn[nH]c23)cn1. The Labute approximate surface area is 142 Å². The summed E-state index contributed by atoms with van der Waals surface area (Å²) in [6.07, 6.45) is 9.03. The molecule has 4 aromatic heterocycles. The van der Waals surface area contributed by atoms with Crippen LogP contribution < -0.4 is 5.32 Å². The first-order valence-electron chi connectivity index (χ1n) is 7.71. The highest BCUT2D eigenvalue weighted by molar-refractivity contribution is 5.88. The Morgan fingerprint density at radius 2 is 2.28 bits per heavy atom. The summed E-state index contributed by atoms with van der Waals surface area (Å²) < 4.78 is 11.9. The summed E-state index contributed by atoms with van der Waals surface area (Å²) in [5.74, 6) is 1.05. The van der Waals surface area contributed by atoms with Crippen molar-refractivity contribution >= 4 is 22.5 Å². The molecule has 4 heterocycles. The first-order chi connectivity index (χ1) is 12.3. The molecule has 0 aromatic carbocycles. The number of ether oxygens (including phenoxy) is 1. The van der Waals surface area contributed by atoms with Crippen molar-refractivity contribution in [1.82, 2.24) is 34.9 Å². The molecule has 0 atom stereocenters. The number of nitrogens with one attached hydrogen (secondary N) is 2. The minimum Gasteiger partial charge on any atom is -0.451 e. The van der Waals surface area contributed by atoms with Crippen LogP contribution in [0.2, 0.25) is 0 Å². The second-order valence-corrected chi connectivity index (χ2v) is 5.36. The van der Waals surface area contributed by atoms with E-state index in [9.17, 15) is 0 Å². The minimum atomic E-state index is 0.456. The van der Waals surface area contributed by atoms with Crippen LogP contribution >= 0.6 is 0 Å². The summed E-state index contributed by atoms with van der Waals surface area (Å²) in [4.78, 5) is 13.0. The predicted octanol–water partition coefficient (Wildman–Crippen LogP) is 1.98. The lowest BCUT2D eigenvalue weighted by atomic mass is 10.3. The second-order valence-electron chi connectivity index (χ2n) is 5.36. The zero-order chi connectivity index (χ0) is 17.1. The lowest BCUT2D eigenvalue weighted by Crippen LogP contribution is -2.01. The van der Waals surface area contributed by atoms with Crippen molar-refractivity contribution < 1.29 is 9.15 Å². The van der Waals surface area contributed by atoms with Gasteiger partial charge in [-0.3, -0.25) is 9.78 Å². The highest BCUT2D eigenvalue weighted by atomic mass is 16.5.